The second-order valence-corrected chi connectivity index (χ2v) is 2.70. The summed E-state index contributed by atoms with van der Waals surface area (Å²) < 4.78 is 0. The molecule has 2 heteroatoms. The van der Waals surface area contributed by atoms with Crippen LogP contribution < -0.4 is 0 Å². The van der Waals surface area contributed by atoms with Gasteiger partial charge < -0.3 is 0 Å². The fraction of sp³-hybridized carbons (Fsp3) is 0.375. The Morgan fingerprint density at radius 3 is 2.80 bits per heavy atom. The van der Waals surface area contributed by atoms with Gasteiger partial charge in [0.15, 0.2) is 0 Å². The zero-order chi connectivity index (χ0) is 7.82. The lowest BCUT2D eigenvalue weighted by atomic mass is 10.2. The highest BCUT2D eigenvalue weighted by Crippen LogP contribution is 2.02. The molecule has 0 heterocycles. The third-order valence-corrected chi connectivity index (χ3v) is 1.49. The van der Waals surface area contributed by atoms with Crippen molar-refractivity contribution in [3.8, 4) is 0 Å². The summed E-state index contributed by atoms with van der Waals surface area (Å²) in [4.78, 5) is 9.94. The highest BCUT2D eigenvalue weighted by molar-refractivity contribution is 8.01. The van der Waals surface area contributed by atoms with E-state index in [2.05, 4.69) is 0 Å². The van der Waals surface area contributed by atoms with Crippen LogP contribution in [0, 0.1) is 0 Å². The fourth-order valence-electron chi connectivity index (χ4n) is 0.514. The van der Waals surface area contributed by atoms with Crippen LogP contribution in [0.2, 0.25) is 0 Å². The van der Waals surface area contributed by atoms with Crippen molar-refractivity contribution < 1.29 is 4.79 Å². The minimum absolute atomic E-state index is 0.822. The smallest absolute Gasteiger partial charge is 0.142 e. The Kier molecular flexibility index (Phi) is 6.29. The van der Waals surface area contributed by atoms with Crippen molar-refractivity contribution in [2.24, 2.45) is 0 Å². The highest BCUT2D eigenvalue weighted by Gasteiger charge is 1.81. The quantitative estimate of drug-likeness (QED) is 0.459. The van der Waals surface area contributed by atoms with Gasteiger partial charge in [0.05, 0.1) is 0 Å². The molecule has 0 bridgehead atoms. The number of aldehydes is 1. The summed E-state index contributed by atoms with van der Waals surface area (Å²) in [5.41, 5.74) is 1.10. The first-order valence-electron chi connectivity index (χ1n) is 3.10. The molecule has 0 aliphatic rings. The summed E-state index contributed by atoms with van der Waals surface area (Å²) in [5, 5.41) is 2.02. The number of allylic oxidation sites excluding steroid dienone is 3. The van der Waals surface area contributed by atoms with Crippen LogP contribution in [0.4, 0.5) is 0 Å². The monoisotopic (exact) mass is 156 g/mol. The second kappa shape index (κ2) is 6.62. The summed E-state index contributed by atoms with van der Waals surface area (Å²) in [6.07, 6.45) is 7.34. The Morgan fingerprint density at radius 1 is 1.60 bits per heavy atom. The Bertz CT molecular complexity index is 147. The molecule has 0 aliphatic carbocycles. The molecule has 0 amide bonds. The van der Waals surface area contributed by atoms with Crippen LogP contribution >= 0.6 is 11.8 Å². The topological polar surface area (TPSA) is 17.1 Å². The molecule has 0 saturated heterocycles. The first-order valence-corrected chi connectivity index (χ1v) is 4.38. The van der Waals surface area contributed by atoms with Gasteiger partial charge in [-0.1, -0.05) is 11.6 Å². The van der Waals surface area contributed by atoms with Gasteiger partial charge in [-0.3, -0.25) is 4.79 Å². The largest absolute Gasteiger partial charge is 0.299 e. The van der Waals surface area contributed by atoms with Crippen molar-refractivity contribution >= 4 is 18.0 Å². The SMILES string of the molecule is CS/C=C/C/C(C)=C/C=O. The van der Waals surface area contributed by atoms with Crippen LogP contribution in [-0.2, 0) is 4.79 Å². The number of rotatable bonds is 4. The molecule has 0 rings (SSSR count). The predicted molar refractivity (Wildman–Crippen MR) is 47.1 cm³/mol. The number of hydrogen-bond acceptors (Lipinski definition) is 2. The zero-order valence-electron chi connectivity index (χ0n) is 6.33. The molecule has 0 aromatic rings. The number of carbonyl (C=O) groups excluding carboxylic acids is 1. The third kappa shape index (κ3) is 5.63. The molecule has 0 spiro atoms. The van der Waals surface area contributed by atoms with Crippen LogP contribution in [0.3, 0.4) is 0 Å². The summed E-state index contributed by atoms with van der Waals surface area (Å²) in [6, 6.07) is 0. The van der Waals surface area contributed by atoms with Crippen LogP contribution in [-0.4, -0.2) is 12.5 Å². The van der Waals surface area contributed by atoms with Crippen molar-refractivity contribution in [3.05, 3.63) is 23.1 Å². The van der Waals surface area contributed by atoms with E-state index >= 15 is 0 Å². The van der Waals surface area contributed by atoms with Gasteiger partial charge in [-0.05, 0) is 31.1 Å². The number of hydrogen-bond donors (Lipinski definition) is 0. The van der Waals surface area contributed by atoms with Gasteiger partial charge in [0.25, 0.3) is 0 Å². The zero-order valence-corrected chi connectivity index (χ0v) is 7.15. The minimum atomic E-state index is 0.822. The molecule has 0 radical (unpaired) electrons. The summed E-state index contributed by atoms with van der Waals surface area (Å²) in [5.74, 6) is 0. The predicted octanol–water partition coefficient (Wildman–Crippen LogP) is 2.40. The molecule has 0 aromatic heterocycles. The second-order valence-electron chi connectivity index (χ2n) is 1.96. The van der Waals surface area contributed by atoms with E-state index in [4.69, 9.17) is 0 Å². The molecule has 0 aromatic carbocycles. The molecule has 56 valence electrons. The van der Waals surface area contributed by atoms with Crippen LogP contribution in [0.5, 0.6) is 0 Å². The Balaban J connectivity index is 3.57. The van der Waals surface area contributed by atoms with Crippen molar-refractivity contribution in [1.82, 2.24) is 0 Å². The standard InChI is InChI=1S/C8H12OS/c1-8(5-6-9)4-3-7-10-2/h3,5-7H,4H2,1-2H3/b7-3+,8-5+. The molecule has 1 nitrogen and oxygen atoms in total. The van der Waals surface area contributed by atoms with Gasteiger partial charge in [-0.2, -0.15) is 0 Å². The summed E-state index contributed by atoms with van der Waals surface area (Å²) in [7, 11) is 0. The summed E-state index contributed by atoms with van der Waals surface area (Å²) in [6.45, 7) is 1.94. The molecule has 0 saturated carbocycles. The molecule has 0 N–H and O–H groups in total. The van der Waals surface area contributed by atoms with E-state index in [1.165, 1.54) is 0 Å². The molecule has 0 unspecified atom stereocenters. The van der Waals surface area contributed by atoms with Crippen molar-refractivity contribution in [1.29, 1.82) is 0 Å². The van der Waals surface area contributed by atoms with Gasteiger partial charge >= 0.3 is 0 Å². The van der Waals surface area contributed by atoms with Crippen molar-refractivity contribution in [3.63, 3.8) is 0 Å². The average Bonchev–Trinajstić information content (AvgIpc) is 1.89. The molecule has 0 atom stereocenters. The molecular weight excluding hydrogens is 144 g/mol. The van der Waals surface area contributed by atoms with E-state index in [0.717, 1.165) is 18.3 Å². The van der Waals surface area contributed by atoms with Gasteiger partial charge in [0.2, 0.25) is 0 Å². The third-order valence-electron chi connectivity index (χ3n) is 1.02. The van der Waals surface area contributed by atoms with Crippen molar-refractivity contribution in [2.45, 2.75) is 13.3 Å². The fourth-order valence-corrected chi connectivity index (χ4v) is 0.803. The highest BCUT2D eigenvalue weighted by atomic mass is 32.2. The van der Waals surface area contributed by atoms with E-state index in [0.29, 0.717) is 0 Å². The first-order chi connectivity index (χ1) is 4.81. The van der Waals surface area contributed by atoms with E-state index in [-0.39, 0.29) is 0 Å². The van der Waals surface area contributed by atoms with Crippen LogP contribution in [0.1, 0.15) is 13.3 Å². The Labute approximate surface area is 66.2 Å². The number of thioether (sulfide) groups is 1. The minimum Gasteiger partial charge on any atom is -0.299 e. The van der Waals surface area contributed by atoms with Gasteiger partial charge in [0.1, 0.15) is 6.29 Å². The van der Waals surface area contributed by atoms with Crippen LogP contribution in [0.25, 0.3) is 0 Å². The maximum atomic E-state index is 9.94. The van der Waals surface area contributed by atoms with Crippen LogP contribution in [0.15, 0.2) is 23.1 Å². The lowest BCUT2D eigenvalue weighted by Gasteiger charge is -1.89. The molecule has 10 heavy (non-hydrogen) atoms. The van der Waals surface area contributed by atoms with Gasteiger partial charge in [0, 0.05) is 0 Å². The maximum absolute atomic E-state index is 9.94. The average molecular weight is 156 g/mol. The Morgan fingerprint density at radius 2 is 2.30 bits per heavy atom. The normalized spacial score (nSPS) is 12.4. The van der Waals surface area contributed by atoms with E-state index in [1.54, 1.807) is 17.8 Å². The van der Waals surface area contributed by atoms with E-state index in [9.17, 15) is 4.79 Å². The molecular formula is C8H12OS. The maximum Gasteiger partial charge on any atom is 0.142 e. The molecule has 0 aliphatic heterocycles. The van der Waals surface area contributed by atoms with Gasteiger partial charge in [-0.25, -0.2) is 0 Å². The first kappa shape index (κ1) is 9.50. The number of carbonyl (C=O) groups is 1. The van der Waals surface area contributed by atoms with E-state index in [1.807, 2.05) is 24.7 Å². The lowest BCUT2D eigenvalue weighted by Crippen LogP contribution is -1.72. The van der Waals surface area contributed by atoms with E-state index < -0.39 is 0 Å². The Hall–Kier alpha value is -0.500. The lowest BCUT2D eigenvalue weighted by molar-refractivity contribution is -0.104. The molecule has 0 fully saturated rings. The summed E-state index contributed by atoms with van der Waals surface area (Å²) >= 11 is 1.67. The van der Waals surface area contributed by atoms with Gasteiger partial charge in [-0.15, -0.1) is 11.8 Å². The van der Waals surface area contributed by atoms with Crippen molar-refractivity contribution in [2.75, 3.05) is 6.26 Å².